The maximum absolute atomic E-state index is 12.7. The van der Waals surface area contributed by atoms with Crippen molar-refractivity contribution in [1.82, 2.24) is 10.6 Å². The quantitative estimate of drug-likeness (QED) is 0.449. The summed E-state index contributed by atoms with van der Waals surface area (Å²) in [6.45, 7) is 3.78. The van der Waals surface area contributed by atoms with Crippen LogP contribution in [0.3, 0.4) is 0 Å². The molecule has 0 fully saturated rings. The lowest BCUT2D eigenvalue weighted by Gasteiger charge is -2.26. The van der Waals surface area contributed by atoms with Gasteiger partial charge in [-0.1, -0.05) is 44.2 Å². The summed E-state index contributed by atoms with van der Waals surface area (Å²) in [5.41, 5.74) is 2.77. The van der Waals surface area contributed by atoms with Crippen molar-refractivity contribution in [1.29, 1.82) is 0 Å². The van der Waals surface area contributed by atoms with E-state index in [9.17, 15) is 14.4 Å². The highest BCUT2D eigenvalue weighted by Crippen LogP contribution is 2.14. The van der Waals surface area contributed by atoms with Crippen molar-refractivity contribution in [2.24, 2.45) is 11.6 Å². The molecule has 1 aromatic rings. The second-order valence-electron chi connectivity index (χ2n) is 6.31. The Morgan fingerprint density at radius 1 is 1.19 bits per heavy atom. The van der Waals surface area contributed by atoms with Gasteiger partial charge >= 0.3 is 5.97 Å². The number of hydrogen-bond donors (Lipinski definition) is 4. The Labute approximate surface area is 154 Å². The summed E-state index contributed by atoms with van der Waals surface area (Å²) >= 11 is 0. The molecule has 8 nitrogen and oxygen atoms in total. The molecular weight excluding hydrogens is 338 g/mol. The van der Waals surface area contributed by atoms with Crippen LogP contribution in [0, 0.1) is 5.92 Å². The van der Waals surface area contributed by atoms with E-state index in [4.69, 9.17) is 11.3 Å². The monoisotopic (exact) mass is 366 g/mol. The number of aliphatic carboxylic acids is 1. The highest BCUT2D eigenvalue weighted by molar-refractivity contribution is 5.91. The van der Waals surface area contributed by atoms with Gasteiger partial charge in [0.25, 0.3) is 0 Å². The molecule has 26 heavy (non-hydrogen) atoms. The average molecular weight is 366 g/mol. The molecule has 1 rings (SSSR count). The average Bonchev–Trinajstić information content (AvgIpc) is 2.63. The number of carboxylic acids is 1. The summed E-state index contributed by atoms with van der Waals surface area (Å²) in [5, 5.41) is 14.2. The molecule has 0 bridgehead atoms. The largest absolute Gasteiger partial charge is 0.481 e. The molecule has 0 radical (unpaired) electrons. The van der Waals surface area contributed by atoms with Crippen LogP contribution in [-0.4, -0.2) is 48.7 Å². The number of carboxylic acid groups (broad SMARTS) is 1. The molecule has 0 aliphatic carbocycles. The van der Waals surface area contributed by atoms with Crippen LogP contribution in [0.5, 0.6) is 0 Å². The zero-order valence-electron chi connectivity index (χ0n) is 16.2. The third kappa shape index (κ3) is 6.81. The molecule has 0 spiro atoms. The van der Waals surface area contributed by atoms with Gasteiger partial charge in [-0.15, -0.1) is 0 Å². The van der Waals surface area contributed by atoms with Gasteiger partial charge in [0.15, 0.2) is 0 Å². The van der Waals surface area contributed by atoms with E-state index in [2.05, 4.69) is 10.6 Å². The van der Waals surface area contributed by atoms with Gasteiger partial charge < -0.3 is 26.2 Å². The summed E-state index contributed by atoms with van der Waals surface area (Å²) in [5.74, 6) is -2.60. The van der Waals surface area contributed by atoms with Crippen LogP contribution >= 0.6 is 0 Å². The molecule has 1 aromatic carbocycles. The van der Waals surface area contributed by atoms with Crippen molar-refractivity contribution in [3.8, 4) is 0 Å². The first-order valence-corrected chi connectivity index (χ1v) is 8.33. The zero-order valence-corrected chi connectivity index (χ0v) is 15.2. The Morgan fingerprint density at radius 2 is 1.85 bits per heavy atom. The van der Waals surface area contributed by atoms with Crippen LogP contribution in [-0.2, 0) is 19.1 Å². The Hall–Kier alpha value is -2.45. The number of rotatable bonds is 11. The lowest BCUT2D eigenvalue weighted by molar-refractivity contribution is -0.139. The van der Waals surface area contributed by atoms with E-state index in [0.717, 1.165) is 5.56 Å². The molecule has 0 saturated carbocycles. The van der Waals surface area contributed by atoms with E-state index in [1.165, 1.54) is 7.11 Å². The minimum absolute atomic E-state index is 0.246. The minimum Gasteiger partial charge on any atom is -0.481 e. The lowest BCUT2D eigenvalue weighted by Crippen LogP contribution is -2.54. The van der Waals surface area contributed by atoms with Crippen LogP contribution in [0.4, 0.5) is 0 Å². The number of ether oxygens (including phenoxy) is 1. The number of benzene rings is 1. The topological polar surface area (TPSA) is 131 Å². The maximum atomic E-state index is 12.7. The number of hydrogen-bond acceptors (Lipinski definition) is 5. The molecule has 0 unspecified atom stereocenters. The fourth-order valence-electron chi connectivity index (χ4n) is 2.39. The fraction of sp³-hybridized carbons (Fsp3) is 0.500. The first-order valence-electron chi connectivity index (χ1n) is 8.83. The number of nitrogens with one attached hydrogen (secondary N) is 2. The highest BCUT2D eigenvalue weighted by Gasteiger charge is 2.29. The maximum Gasteiger partial charge on any atom is 0.305 e. The van der Waals surface area contributed by atoms with E-state index >= 15 is 0 Å². The molecule has 2 amide bonds. The Kier molecular flexibility index (Phi) is 8.04. The predicted molar refractivity (Wildman–Crippen MR) is 96.2 cm³/mol. The number of carbonyl (C=O) groups is 3. The third-order valence-electron chi connectivity index (χ3n) is 3.79. The molecule has 0 aliphatic heterocycles. The van der Waals surface area contributed by atoms with Gasteiger partial charge in [0.1, 0.15) is 7.45 Å². The first-order chi connectivity index (χ1) is 12.8. The van der Waals surface area contributed by atoms with E-state index in [1.54, 1.807) is 13.8 Å². The number of methoxy groups -OCH3 is 1. The van der Waals surface area contributed by atoms with Gasteiger partial charge in [-0.3, -0.25) is 14.4 Å². The summed E-state index contributed by atoms with van der Waals surface area (Å²) in [7, 11) is 1.53. The Bertz CT molecular complexity index is 627. The number of nitrogens with two attached hydrogens (primary N) is 1. The van der Waals surface area contributed by atoms with Gasteiger partial charge in [0.05, 0.1) is 25.1 Å². The molecule has 0 saturated heterocycles. The van der Waals surface area contributed by atoms with E-state index in [1.807, 2.05) is 36.1 Å². The summed E-state index contributed by atoms with van der Waals surface area (Å²) in [6.07, 6.45) is -0.557. The van der Waals surface area contributed by atoms with Crippen molar-refractivity contribution in [3.63, 3.8) is 0 Å². The Balaban J connectivity index is 2.87. The molecule has 0 heterocycles. The first kappa shape index (κ1) is 19.9. The predicted octanol–water partition coefficient (Wildman–Crippen LogP) is 0.433. The zero-order chi connectivity index (χ0) is 20.4. The molecule has 0 aliphatic rings. The number of amides is 2. The van der Waals surface area contributed by atoms with Crippen molar-refractivity contribution in [2.75, 3.05) is 13.7 Å². The van der Waals surface area contributed by atoms with E-state index in [0.29, 0.717) is 0 Å². The molecule has 144 valence electrons. The van der Waals surface area contributed by atoms with Crippen molar-refractivity contribution >= 4 is 17.8 Å². The summed E-state index contributed by atoms with van der Waals surface area (Å²) in [4.78, 5) is 35.8. The summed E-state index contributed by atoms with van der Waals surface area (Å²) < 4.78 is 12.3. The lowest BCUT2D eigenvalue weighted by atomic mass is 10.0. The van der Waals surface area contributed by atoms with Crippen molar-refractivity contribution in [2.45, 2.75) is 38.4 Å². The Morgan fingerprint density at radius 3 is 2.35 bits per heavy atom. The van der Waals surface area contributed by atoms with Gasteiger partial charge in [0.2, 0.25) is 11.8 Å². The van der Waals surface area contributed by atoms with Gasteiger partial charge in [-0.2, -0.15) is 0 Å². The minimum atomic E-state index is -1.25. The molecule has 3 atom stereocenters. The molecule has 8 heteroatoms. The molecular formula is C18H27N3O5. The second kappa shape index (κ2) is 10.5. The van der Waals surface area contributed by atoms with Crippen LogP contribution in [0.1, 0.15) is 31.9 Å². The second-order valence-corrected chi connectivity index (χ2v) is 6.31. The smallest absolute Gasteiger partial charge is 0.305 e. The van der Waals surface area contributed by atoms with Crippen LogP contribution in [0.2, 0.25) is 1.41 Å². The summed E-state index contributed by atoms with van der Waals surface area (Å²) in [6, 6.07) is 6.75. The standard InChI is InChI=1S/C18H27N3O5/c1-11(2)16(21-17(24)13(19)9-15(22)23)18(25)20-14(10-26-3)12-7-5-4-6-8-12/h4-8,11,13-14,16H,9-10,19H2,1-3H3,(H,20,25)(H,21,24)(H,22,23)/t13-,14+,16-/m0/s1/i/hD. The van der Waals surface area contributed by atoms with Crippen LogP contribution in [0.15, 0.2) is 30.3 Å². The van der Waals surface area contributed by atoms with E-state index in [-0.39, 0.29) is 12.5 Å². The van der Waals surface area contributed by atoms with Gasteiger partial charge in [-0.25, -0.2) is 0 Å². The van der Waals surface area contributed by atoms with E-state index < -0.39 is 42.3 Å². The third-order valence-corrected chi connectivity index (χ3v) is 3.79. The SMILES string of the molecule is [2H]N[C@@H](CC(=O)O)C(=O)N[C@H](C(=O)N[C@H](COC)c1ccccc1)C(C)C. The van der Waals surface area contributed by atoms with Crippen molar-refractivity contribution in [3.05, 3.63) is 35.9 Å². The molecule has 5 N–H and O–H groups in total. The number of carbonyl (C=O) groups excluding carboxylic acids is 2. The fourth-order valence-corrected chi connectivity index (χ4v) is 2.39. The van der Waals surface area contributed by atoms with Crippen LogP contribution in [0.25, 0.3) is 0 Å². The molecule has 0 aromatic heterocycles. The van der Waals surface area contributed by atoms with Gasteiger partial charge in [0, 0.05) is 7.11 Å². The van der Waals surface area contributed by atoms with Gasteiger partial charge in [-0.05, 0) is 11.5 Å². The van der Waals surface area contributed by atoms with Crippen molar-refractivity contribution < 1.29 is 25.6 Å². The normalized spacial score (nSPS) is 14.8. The highest BCUT2D eigenvalue weighted by atomic mass is 16.5. The van der Waals surface area contributed by atoms with Crippen LogP contribution < -0.4 is 16.4 Å².